The van der Waals surface area contributed by atoms with E-state index in [0.717, 1.165) is 76.2 Å². The standard InChI is InChI=1S/C47H55N9O8/c1-61-46(59)53-40(30-15-21-63-22-16-30)44(57)55-19-3-5-38(55)42-48-26-36(51-42)29-9-7-28(8-10-29)34-13-11-32-25-33(12-14-35(32)50-34)37-27-49-43(52-37)39-6-4-20-56(39)45(58)41(54-47(60)62-2)31-17-23-64-24-18-31/h7-14,25-27,30-31,38-41H,3-6,15-24H2,1-2H3,(H,48,51)(H,49,52)(H,53,59)(H,54,60)/t38-,39-,40-,41-/m0/s1. The van der Waals surface area contributed by atoms with Gasteiger partial charge in [0.05, 0.1) is 61.3 Å². The zero-order chi connectivity index (χ0) is 44.2. The van der Waals surface area contributed by atoms with Gasteiger partial charge in [0.1, 0.15) is 23.7 Å². The predicted octanol–water partition coefficient (Wildman–Crippen LogP) is 6.31. The molecule has 9 rings (SSSR count). The molecule has 0 spiro atoms. The fourth-order valence-electron chi connectivity index (χ4n) is 9.80. The molecule has 0 bridgehead atoms. The van der Waals surface area contributed by atoms with Crippen LogP contribution in [0.4, 0.5) is 9.59 Å². The van der Waals surface area contributed by atoms with Crippen molar-refractivity contribution in [1.82, 2.24) is 45.4 Å². The third kappa shape index (κ3) is 9.04. The van der Waals surface area contributed by atoms with E-state index in [1.807, 2.05) is 58.5 Å². The largest absolute Gasteiger partial charge is 0.453 e. The number of hydrogen-bond donors (Lipinski definition) is 4. The molecule has 336 valence electrons. The monoisotopic (exact) mass is 873 g/mol. The number of pyridine rings is 1. The van der Waals surface area contributed by atoms with Crippen molar-refractivity contribution in [2.75, 3.05) is 53.7 Å². The van der Waals surface area contributed by atoms with Crippen molar-refractivity contribution in [3.8, 4) is 33.8 Å². The number of H-pyrrole nitrogens is 2. The van der Waals surface area contributed by atoms with Crippen LogP contribution in [0, 0.1) is 11.8 Å². The van der Waals surface area contributed by atoms with Crippen molar-refractivity contribution in [2.45, 2.75) is 75.5 Å². The van der Waals surface area contributed by atoms with E-state index in [-0.39, 0.29) is 35.7 Å². The van der Waals surface area contributed by atoms with Crippen molar-refractivity contribution in [3.05, 3.63) is 78.6 Å². The molecule has 17 nitrogen and oxygen atoms in total. The normalized spacial score (nSPS) is 20.5. The van der Waals surface area contributed by atoms with E-state index >= 15 is 0 Å². The Hall–Kier alpha value is -6.33. The number of aromatic amines is 2. The van der Waals surface area contributed by atoms with Crippen LogP contribution < -0.4 is 10.6 Å². The van der Waals surface area contributed by atoms with E-state index < -0.39 is 24.3 Å². The van der Waals surface area contributed by atoms with Gasteiger partial charge >= 0.3 is 12.2 Å². The summed E-state index contributed by atoms with van der Waals surface area (Å²) in [5, 5.41) is 6.60. The molecule has 4 aliphatic rings. The number of nitrogens with zero attached hydrogens (tertiary/aromatic N) is 5. The lowest BCUT2D eigenvalue weighted by atomic mass is 9.90. The summed E-state index contributed by atoms with van der Waals surface area (Å²) in [6.45, 7) is 3.39. The molecule has 5 aromatic rings. The van der Waals surface area contributed by atoms with Crippen molar-refractivity contribution in [1.29, 1.82) is 0 Å². The maximum Gasteiger partial charge on any atom is 0.407 e. The van der Waals surface area contributed by atoms with Gasteiger partial charge in [-0.25, -0.2) is 24.5 Å². The second-order valence-electron chi connectivity index (χ2n) is 17.1. The highest BCUT2D eigenvalue weighted by atomic mass is 16.5. The van der Waals surface area contributed by atoms with Gasteiger partial charge in [-0.15, -0.1) is 0 Å². The lowest BCUT2D eigenvalue weighted by molar-refractivity contribution is -0.137. The first kappa shape index (κ1) is 42.9. The molecule has 3 aromatic heterocycles. The first-order chi connectivity index (χ1) is 31.3. The van der Waals surface area contributed by atoms with Gasteiger partial charge in [-0.1, -0.05) is 36.4 Å². The molecular formula is C47H55N9O8. The fourth-order valence-corrected chi connectivity index (χ4v) is 9.80. The Balaban J connectivity index is 0.862. The topological polar surface area (TPSA) is 206 Å². The Bertz CT molecular complexity index is 2460. The number of amides is 4. The minimum absolute atomic E-state index is 0.0332. The van der Waals surface area contributed by atoms with E-state index in [2.05, 4.69) is 32.7 Å². The molecular weight excluding hydrogens is 819 g/mol. The summed E-state index contributed by atoms with van der Waals surface area (Å²) in [7, 11) is 2.61. The highest BCUT2D eigenvalue weighted by molar-refractivity contribution is 5.88. The smallest absolute Gasteiger partial charge is 0.407 e. The van der Waals surface area contributed by atoms with Crippen LogP contribution in [0.2, 0.25) is 0 Å². The van der Waals surface area contributed by atoms with Gasteiger partial charge in [-0.3, -0.25) is 9.59 Å². The lowest BCUT2D eigenvalue weighted by Gasteiger charge is -2.34. The Morgan fingerprint density at radius 3 is 1.64 bits per heavy atom. The number of ether oxygens (including phenoxy) is 4. The van der Waals surface area contributed by atoms with Gasteiger partial charge < -0.3 is 49.3 Å². The number of methoxy groups -OCH3 is 2. The molecule has 2 aromatic carbocycles. The zero-order valence-electron chi connectivity index (χ0n) is 36.2. The SMILES string of the molecule is COC(=O)N[C@H](C(=O)N1CCC[C@H]1c1ncc(-c2ccc(-c3ccc4cc(-c5cnc([C@@H]6CCCN6C(=O)[C@@H](NC(=O)OC)C6CCOCC6)[nH]5)ccc4n3)cc2)[nH]1)C1CCOCC1. The van der Waals surface area contributed by atoms with Gasteiger partial charge in [0, 0.05) is 56.0 Å². The van der Waals surface area contributed by atoms with Crippen LogP contribution in [0.25, 0.3) is 44.7 Å². The molecule has 0 saturated carbocycles. The quantitative estimate of drug-likeness (QED) is 0.116. The number of alkyl carbamates (subject to hydrolysis) is 2. The molecule has 64 heavy (non-hydrogen) atoms. The summed E-state index contributed by atoms with van der Waals surface area (Å²) in [6.07, 6.45) is 8.35. The van der Waals surface area contributed by atoms with E-state index in [9.17, 15) is 19.2 Å². The molecule has 4 atom stereocenters. The highest BCUT2D eigenvalue weighted by Gasteiger charge is 2.41. The number of imidazole rings is 2. The number of fused-ring (bicyclic) bond motifs is 1. The number of rotatable bonds is 11. The van der Waals surface area contributed by atoms with Crippen LogP contribution >= 0.6 is 0 Å². The van der Waals surface area contributed by atoms with Crippen LogP contribution in [0.15, 0.2) is 67.0 Å². The number of hydrogen-bond acceptors (Lipinski definition) is 11. The highest BCUT2D eigenvalue weighted by Crippen LogP contribution is 2.36. The minimum atomic E-state index is -0.693. The maximum absolute atomic E-state index is 14.0. The van der Waals surface area contributed by atoms with Gasteiger partial charge in [-0.05, 0) is 87.0 Å². The molecule has 17 heteroatoms. The van der Waals surface area contributed by atoms with Crippen LogP contribution in [-0.2, 0) is 28.5 Å². The molecule has 4 amide bonds. The average molecular weight is 874 g/mol. The first-order valence-electron chi connectivity index (χ1n) is 22.3. The number of carbonyl (C=O) groups is 4. The Morgan fingerprint density at radius 2 is 1.12 bits per heavy atom. The van der Waals surface area contributed by atoms with E-state index in [1.54, 1.807) is 6.20 Å². The van der Waals surface area contributed by atoms with Crippen LogP contribution in [0.3, 0.4) is 0 Å². The lowest BCUT2D eigenvalue weighted by Crippen LogP contribution is -2.53. The van der Waals surface area contributed by atoms with Crippen molar-refractivity contribution >= 4 is 34.9 Å². The fraction of sp³-hybridized carbons (Fsp3) is 0.468. The third-order valence-electron chi connectivity index (χ3n) is 13.3. The summed E-state index contributed by atoms with van der Waals surface area (Å²) < 4.78 is 20.8. The molecule has 4 saturated heterocycles. The Kier molecular flexibility index (Phi) is 12.9. The molecule has 4 fully saturated rings. The van der Waals surface area contributed by atoms with E-state index in [4.69, 9.17) is 33.9 Å². The van der Waals surface area contributed by atoms with Crippen LogP contribution in [-0.4, -0.2) is 125 Å². The minimum Gasteiger partial charge on any atom is -0.453 e. The van der Waals surface area contributed by atoms with Gasteiger partial charge in [0.25, 0.3) is 0 Å². The predicted molar refractivity (Wildman–Crippen MR) is 235 cm³/mol. The summed E-state index contributed by atoms with van der Waals surface area (Å²) >= 11 is 0. The second kappa shape index (κ2) is 19.2. The van der Waals surface area contributed by atoms with Gasteiger partial charge in [0.2, 0.25) is 11.8 Å². The third-order valence-corrected chi connectivity index (χ3v) is 13.3. The average Bonchev–Trinajstić information content (AvgIpc) is 4.20. The number of nitrogens with one attached hydrogen (secondary N) is 4. The molecule has 0 unspecified atom stereocenters. The molecule has 4 aliphatic heterocycles. The van der Waals surface area contributed by atoms with Crippen molar-refractivity contribution < 1.29 is 38.1 Å². The van der Waals surface area contributed by atoms with Gasteiger partial charge in [-0.2, -0.15) is 0 Å². The van der Waals surface area contributed by atoms with Crippen LogP contribution in [0.1, 0.15) is 75.1 Å². The molecule has 4 N–H and O–H groups in total. The number of benzene rings is 2. The molecule has 7 heterocycles. The number of aromatic nitrogens is 5. The van der Waals surface area contributed by atoms with E-state index in [0.29, 0.717) is 71.0 Å². The Morgan fingerprint density at radius 1 is 0.641 bits per heavy atom. The van der Waals surface area contributed by atoms with E-state index in [1.165, 1.54) is 14.2 Å². The Labute approximate surface area is 371 Å². The zero-order valence-corrected chi connectivity index (χ0v) is 36.2. The summed E-state index contributed by atoms with van der Waals surface area (Å²) in [5.41, 5.74) is 6.25. The number of likely N-dealkylation sites (tertiary alicyclic amines) is 2. The van der Waals surface area contributed by atoms with Crippen molar-refractivity contribution in [3.63, 3.8) is 0 Å². The molecule has 0 radical (unpaired) electrons. The summed E-state index contributed by atoms with van der Waals surface area (Å²) in [6, 6.07) is 16.5. The second-order valence-corrected chi connectivity index (χ2v) is 17.1. The number of carbonyl (C=O) groups excluding carboxylic acids is 4. The maximum atomic E-state index is 14.0. The van der Waals surface area contributed by atoms with Crippen molar-refractivity contribution in [2.24, 2.45) is 11.8 Å². The summed E-state index contributed by atoms with van der Waals surface area (Å²) in [4.78, 5) is 77.7. The van der Waals surface area contributed by atoms with Gasteiger partial charge in [0.15, 0.2) is 0 Å². The molecule has 0 aliphatic carbocycles. The first-order valence-corrected chi connectivity index (χ1v) is 22.3. The van der Waals surface area contributed by atoms with Crippen LogP contribution in [0.5, 0.6) is 0 Å². The summed E-state index contributed by atoms with van der Waals surface area (Å²) in [5.74, 6) is 1.12.